The molecule has 0 rings (SSSR count). The van der Waals surface area contributed by atoms with Crippen molar-refractivity contribution in [3.8, 4) is 0 Å². The third-order valence-electron chi connectivity index (χ3n) is 3.86. The summed E-state index contributed by atoms with van der Waals surface area (Å²) in [5.41, 5.74) is 12.7. The first-order valence-electron chi connectivity index (χ1n) is 8.83. The summed E-state index contributed by atoms with van der Waals surface area (Å²) in [7, 11) is 0. The van der Waals surface area contributed by atoms with Crippen LogP contribution in [0, 0.1) is 5.41 Å². The van der Waals surface area contributed by atoms with Crippen molar-refractivity contribution in [1.82, 2.24) is 0 Å². The van der Waals surface area contributed by atoms with E-state index < -0.39 is 39.9 Å². The summed E-state index contributed by atoms with van der Waals surface area (Å²) in [5.74, 6) is -1.89. The van der Waals surface area contributed by atoms with E-state index in [1.165, 1.54) is 41.5 Å². The van der Waals surface area contributed by atoms with Gasteiger partial charge in [0.25, 0.3) is 0 Å². The normalized spacial score (nSPS) is 13.1. The summed E-state index contributed by atoms with van der Waals surface area (Å²) < 4.78 is 15.9. The van der Waals surface area contributed by atoms with Crippen LogP contribution in [0.2, 0.25) is 0 Å². The van der Waals surface area contributed by atoms with E-state index >= 15 is 0 Å². The number of carbonyl (C=O) groups excluding carboxylic acids is 3. The molecule has 0 atom stereocenters. The fourth-order valence-electron chi connectivity index (χ4n) is 1.65. The van der Waals surface area contributed by atoms with Gasteiger partial charge in [0.1, 0.15) is 36.4 Å². The number of ether oxygens (including phenoxy) is 3. The summed E-state index contributed by atoms with van der Waals surface area (Å²) in [6.45, 7) is 10.4. The van der Waals surface area contributed by atoms with Crippen LogP contribution in [-0.4, -0.2) is 54.3 Å². The molecule has 0 aliphatic heterocycles. The van der Waals surface area contributed by atoms with E-state index in [1.807, 2.05) is 0 Å². The van der Waals surface area contributed by atoms with Gasteiger partial charge in [-0.15, -0.1) is 0 Å². The first kappa shape index (κ1) is 25.3. The molecule has 0 saturated carbocycles. The zero-order chi connectivity index (χ0) is 21.7. The smallest absolute Gasteiger partial charge is 0.325 e. The molecule has 27 heavy (non-hydrogen) atoms. The molecule has 9 heteroatoms. The molecule has 0 spiro atoms. The van der Waals surface area contributed by atoms with E-state index in [2.05, 4.69) is 0 Å². The molecule has 0 radical (unpaired) electrons. The lowest BCUT2D eigenvalue weighted by Crippen LogP contribution is -2.49. The molecule has 0 heterocycles. The highest BCUT2D eigenvalue weighted by atomic mass is 16.6. The summed E-state index contributed by atoms with van der Waals surface area (Å²) in [5, 5.41) is 0. The second kappa shape index (κ2) is 8.99. The van der Waals surface area contributed by atoms with Crippen molar-refractivity contribution in [2.45, 2.75) is 71.5 Å². The number of hydrogen-bond donors (Lipinski definition) is 3. The third-order valence-corrected chi connectivity index (χ3v) is 3.86. The minimum absolute atomic E-state index is 0.153. The Labute approximate surface area is 161 Å². The maximum atomic E-state index is 12.0. The highest BCUT2D eigenvalue weighted by Crippen LogP contribution is 2.26. The summed E-state index contributed by atoms with van der Waals surface area (Å²) in [4.78, 5) is 36.1. The number of rotatable bonds is 10. The minimum Gasteiger partial charge on any atom is -0.463 e. The van der Waals surface area contributed by atoms with E-state index in [0.717, 1.165) is 0 Å². The Hall–Kier alpha value is -1.71. The SMILES string of the molecule is CCC(COC(=O)C(C)(C)N)(COC(=O)C(C)(C)N)COC(=O)C(C)(C)N. The van der Waals surface area contributed by atoms with Gasteiger partial charge >= 0.3 is 17.9 Å². The Morgan fingerprint density at radius 2 is 0.852 bits per heavy atom. The molecule has 158 valence electrons. The van der Waals surface area contributed by atoms with Crippen molar-refractivity contribution in [3.05, 3.63) is 0 Å². The van der Waals surface area contributed by atoms with Crippen molar-refractivity contribution in [2.75, 3.05) is 19.8 Å². The average Bonchev–Trinajstić information content (AvgIpc) is 2.50. The van der Waals surface area contributed by atoms with E-state index in [0.29, 0.717) is 6.42 Å². The lowest BCUT2D eigenvalue weighted by Gasteiger charge is -2.33. The van der Waals surface area contributed by atoms with E-state index in [4.69, 9.17) is 31.4 Å². The van der Waals surface area contributed by atoms with E-state index in [9.17, 15) is 14.4 Å². The van der Waals surface area contributed by atoms with Crippen LogP contribution in [0.4, 0.5) is 0 Å². The number of carbonyl (C=O) groups is 3. The van der Waals surface area contributed by atoms with Crippen molar-refractivity contribution in [1.29, 1.82) is 0 Å². The summed E-state index contributed by atoms with van der Waals surface area (Å²) >= 11 is 0. The molecule has 0 aliphatic rings. The van der Waals surface area contributed by atoms with Gasteiger partial charge in [0.15, 0.2) is 0 Å². The predicted octanol–water partition coefficient (Wildman–Crippen LogP) is 0.224. The van der Waals surface area contributed by atoms with Gasteiger partial charge in [0.05, 0.1) is 5.41 Å². The Kier molecular flexibility index (Phi) is 8.42. The summed E-state index contributed by atoms with van der Waals surface area (Å²) in [6.07, 6.45) is 0.391. The molecular weight excluding hydrogens is 354 g/mol. The topological polar surface area (TPSA) is 157 Å². The molecule has 0 aliphatic carbocycles. The minimum atomic E-state index is -1.19. The monoisotopic (exact) mass is 389 g/mol. The molecule has 0 aromatic rings. The van der Waals surface area contributed by atoms with Gasteiger partial charge in [0.2, 0.25) is 0 Å². The van der Waals surface area contributed by atoms with E-state index in [1.54, 1.807) is 6.92 Å². The molecule has 0 aromatic heterocycles. The van der Waals surface area contributed by atoms with Crippen molar-refractivity contribution >= 4 is 17.9 Å². The number of hydrogen-bond acceptors (Lipinski definition) is 9. The molecular formula is C18H35N3O6. The van der Waals surface area contributed by atoms with Gasteiger partial charge in [0, 0.05) is 0 Å². The zero-order valence-electron chi connectivity index (χ0n) is 17.5. The lowest BCUT2D eigenvalue weighted by atomic mass is 9.87. The van der Waals surface area contributed by atoms with Crippen LogP contribution in [0.25, 0.3) is 0 Å². The van der Waals surface area contributed by atoms with Crippen LogP contribution in [0.5, 0.6) is 0 Å². The van der Waals surface area contributed by atoms with Crippen LogP contribution >= 0.6 is 0 Å². The average molecular weight is 389 g/mol. The Morgan fingerprint density at radius 3 is 1.00 bits per heavy atom. The Morgan fingerprint density at radius 1 is 0.630 bits per heavy atom. The molecule has 0 fully saturated rings. The molecule has 0 unspecified atom stereocenters. The zero-order valence-corrected chi connectivity index (χ0v) is 17.5. The fourth-order valence-corrected chi connectivity index (χ4v) is 1.65. The first-order chi connectivity index (χ1) is 11.9. The van der Waals surface area contributed by atoms with Crippen LogP contribution in [0.1, 0.15) is 54.9 Å². The third kappa shape index (κ3) is 8.68. The van der Waals surface area contributed by atoms with Crippen molar-refractivity contribution in [3.63, 3.8) is 0 Å². The van der Waals surface area contributed by atoms with Crippen LogP contribution in [0.15, 0.2) is 0 Å². The largest absolute Gasteiger partial charge is 0.463 e. The second-order valence-electron chi connectivity index (χ2n) is 8.75. The van der Waals surface area contributed by atoms with Gasteiger partial charge in [-0.1, -0.05) is 6.92 Å². The van der Waals surface area contributed by atoms with Gasteiger partial charge in [-0.05, 0) is 48.0 Å². The Bertz CT molecular complexity index is 467. The molecule has 6 N–H and O–H groups in total. The van der Waals surface area contributed by atoms with Crippen LogP contribution in [0.3, 0.4) is 0 Å². The highest BCUT2D eigenvalue weighted by Gasteiger charge is 2.38. The molecule has 0 amide bonds. The summed E-state index contributed by atoms with van der Waals surface area (Å²) in [6, 6.07) is 0. The standard InChI is InChI=1S/C18H35N3O6/c1-8-18(9-25-12(22)15(2,3)19,10-26-13(23)16(4,5)20)11-27-14(24)17(6,7)21/h8-11,19-21H2,1-7H3. The maximum absolute atomic E-state index is 12.0. The highest BCUT2D eigenvalue weighted by molar-refractivity contribution is 5.80. The van der Waals surface area contributed by atoms with E-state index in [-0.39, 0.29) is 19.8 Å². The second-order valence-corrected chi connectivity index (χ2v) is 8.75. The van der Waals surface area contributed by atoms with Gasteiger partial charge in [-0.3, -0.25) is 14.4 Å². The van der Waals surface area contributed by atoms with Crippen molar-refractivity contribution < 1.29 is 28.6 Å². The van der Waals surface area contributed by atoms with Gasteiger partial charge < -0.3 is 31.4 Å². The van der Waals surface area contributed by atoms with Crippen molar-refractivity contribution in [2.24, 2.45) is 22.6 Å². The van der Waals surface area contributed by atoms with Gasteiger partial charge in [-0.25, -0.2) is 0 Å². The first-order valence-corrected chi connectivity index (χ1v) is 8.83. The molecule has 9 nitrogen and oxygen atoms in total. The number of nitrogens with two attached hydrogens (primary N) is 3. The van der Waals surface area contributed by atoms with Crippen LogP contribution < -0.4 is 17.2 Å². The number of esters is 3. The van der Waals surface area contributed by atoms with Crippen LogP contribution in [-0.2, 0) is 28.6 Å². The van der Waals surface area contributed by atoms with Gasteiger partial charge in [-0.2, -0.15) is 0 Å². The fraction of sp³-hybridized carbons (Fsp3) is 0.833. The Balaban J connectivity index is 5.32. The molecule has 0 saturated heterocycles. The quantitative estimate of drug-likeness (QED) is 0.351. The molecule has 0 aromatic carbocycles. The maximum Gasteiger partial charge on any atom is 0.325 e. The predicted molar refractivity (Wildman–Crippen MR) is 100 cm³/mol. The lowest BCUT2D eigenvalue weighted by molar-refractivity contribution is -0.168. The molecule has 0 bridgehead atoms.